The van der Waals surface area contributed by atoms with E-state index in [1.165, 1.54) is 4.90 Å². The van der Waals surface area contributed by atoms with Crippen molar-refractivity contribution < 1.29 is 17.5 Å². The first-order valence-electron chi connectivity index (χ1n) is 3.88. The van der Waals surface area contributed by atoms with Gasteiger partial charge in [0.05, 0.1) is 0 Å². The molecule has 0 amide bonds. The van der Waals surface area contributed by atoms with Crippen LogP contribution in [0, 0.1) is 5.41 Å². The number of hydrogen-bond acceptors (Lipinski definition) is 5. The molecule has 0 heterocycles. The van der Waals surface area contributed by atoms with E-state index in [-0.39, 0.29) is 11.9 Å². The van der Waals surface area contributed by atoms with E-state index in [0.29, 0.717) is 0 Å². The molecule has 0 bridgehead atoms. The number of nitrogens with one attached hydrogen (secondary N) is 2. The molecule has 0 aliphatic rings. The van der Waals surface area contributed by atoms with Crippen molar-refractivity contribution in [2.75, 3.05) is 21.1 Å². The summed E-state index contributed by atoms with van der Waals surface area (Å²) >= 11 is 0. The van der Waals surface area contributed by atoms with Crippen molar-refractivity contribution in [3.63, 3.8) is 0 Å². The van der Waals surface area contributed by atoms with Crippen LogP contribution >= 0.6 is 0 Å². The van der Waals surface area contributed by atoms with Gasteiger partial charge >= 0.3 is 10.4 Å². The van der Waals surface area contributed by atoms with Gasteiger partial charge in [0, 0.05) is 14.1 Å². The van der Waals surface area contributed by atoms with Crippen LogP contribution in [0.1, 0.15) is 0 Å². The molecule has 0 atom stereocenters. The van der Waals surface area contributed by atoms with Gasteiger partial charge in [-0.2, -0.15) is 13.4 Å². The van der Waals surface area contributed by atoms with E-state index in [4.69, 9.17) is 34.4 Å². The van der Waals surface area contributed by atoms with Gasteiger partial charge < -0.3 is 16.4 Å². The zero-order valence-corrected chi connectivity index (χ0v) is 10.6. The maximum absolute atomic E-state index is 8.74. The Bertz CT molecular complexity index is 313. The highest BCUT2D eigenvalue weighted by molar-refractivity contribution is 7.79. The van der Waals surface area contributed by atoms with Gasteiger partial charge in [-0.15, -0.1) is 0 Å². The lowest BCUT2D eigenvalue weighted by Crippen LogP contribution is -2.28. The zero-order chi connectivity index (χ0) is 14.6. The fourth-order valence-electron chi connectivity index (χ4n) is 0.222. The molecule has 17 heavy (non-hydrogen) atoms. The van der Waals surface area contributed by atoms with Crippen LogP contribution in [-0.4, -0.2) is 55.5 Å². The third-order valence-electron chi connectivity index (χ3n) is 0.659. The van der Waals surface area contributed by atoms with Crippen LogP contribution in [0.3, 0.4) is 0 Å². The molecule has 0 aromatic heterocycles. The smallest absolute Gasteiger partial charge is 0.370 e. The third kappa shape index (κ3) is 53.5. The molecule has 0 aliphatic heterocycles. The summed E-state index contributed by atoms with van der Waals surface area (Å²) in [5, 5.41) is 7.05. The fraction of sp³-hybridized carbons (Fsp3) is 0.600. The van der Waals surface area contributed by atoms with Crippen LogP contribution in [0.2, 0.25) is 0 Å². The Labute approximate surface area is 99.7 Å². The topological polar surface area (TPSA) is 204 Å². The standard InChI is InChI=1S/C4H11N5.CH6N2.H2O4S/c1-9(2)4(7)8-3(5)6;1-3-2;1-5(2,3)4/h1-2H3,(H5,5,6,7,8);3H,2H2,1H3;(H2,1,2,3,4). The van der Waals surface area contributed by atoms with Crippen LogP contribution < -0.4 is 22.7 Å². The molecule has 0 spiro atoms. The molecule has 0 fully saturated rings. The molecule has 0 saturated carbocycles. The minimum Gasteiger partial charge on any atom is -0.370 e. The lowest BCUT2D eigenvalue weighted by Gasteiger charge is -2.07. The van der Waals surface area contributed by atoms with Crippen LogP contribution in [-0.2, 0) is 10.4 Å². The summed E-state index contributed by atoms with van der Waals surface area (Å²) in [4.78, 5) is 4.96. The normalized spacial score (nSPS) is 8.82. The second-order valence-corrected chi connectivity index (χ2v) is 3.39. The molecule has 12 heteroatoms. The first-order chi connectivity index (χ1) is 7.45. The fourth-order valence-corrected chi connectivity index (χ4v) is 0.222. The highest BCUT2D eigenvalue weighted by Crippen LogP contribution is 1.78. The van der Waals surface area contributed by atoms with Crippen LogP contribution in [0.25, 0.3) is 0 Å². The van der Waals surface area contributed by atoms with Crippen molar-refractivity contribution in [1.29, 1.82) is 5.41 Å². The van der Waals surface area contributed by atoms with Gasteiger partial charge in [0.1, 0.15) is 0 Å². The van der Waals surface area contributed by atoms with E-state index in [1.54, 1.807) is 21.1 Å². The lowest BCUT2D eigenvalue weighted by molar-refractivity contribution is 0.381. The summed E-state index contributed by atoms with van der Waals surface area (Å²) in [7, 11) is 0.365. The predicted octanol–water partition coefficient (Wildman–Crippen LogP) is -2.82. The molecule has 0 saturated heterocycles. The third-order valence-corrected chi connectivity index (χ3v) is 0.659. The van der Waals surface area contributed by atoms with Crippen molar-refractivity contribution in [1.82, 2.24) is 10.3 Å². The molecule has 11 nitrogen and oxygen atoms in total. The number of hydrazine groups is 1. The average molecular weight is 273 g/mol. The van der Waals surface area contributed by atoms with Gasteiger partial charge in [-0.3, -0.25) is 25.8 Å². The number of nitrogens with zero attached hydrogens (tertiary/aromatic N) is 2. The van der Waals surface area contributed by atoms with E-state index in [9.17, 15) is 0 Å². The highest BCUT2D eigenvalue weighted by Gasteiger charge is 1.93. The predicted molar refractivity (Wildman–Crippen MR) is 64.6 cm³/mol. The molecule has 0 aliphatic carbocycles. The van der Waals surface area contributed by atoms with E-state index in [0.717, 1.165) is 0 Å². The Hall–Kier alpha value is -1.47. The van der Waals surface area contributed by atoms with Crippen LogP contribution in [0.5, 0.6) is 0 Å². The molecular formula is C5H19N7O4S. The average Bonchev–Trinajstić information content (AvgIpc) is 2.00. The number of nitrogens with two attached hydrogens (primary N) is 3. The van der Waals surface area contributed by atoms with Gasteiger partial charge in [0.15, 0.2) is 5.96 Å². The zero-order valence-electron chi connectivity index (χ0n) is 9.75. The Morgan fingerprint density at radius 3 is 1.65 bits per heavy atom. The summed E-state index contributed by atoms with van der Waals surface area (Å²) in [5.41, 5.74) is 12.2. The molecule has 0 aromatic rings. The molecule has 0 rings (SSSR count). The van der Waals surface area contributed by atoms with Gasteiger partial charge in [-0.1, -0.05) is 0 Å². The summed E-state index contributed by atoms with van der Waals surface area (Å²) in [6, 6.07) is 0. The number of guanidine groups is 2. The number of hydrogen-bond donors (Lipinski definition) is 7. The highest BCUT2D eigenvalue weighted by atomic mass is 32.3. The van der Waals surface area contributed by atoms with Crippen LogP contribution in [0.15, 0.2) is 4.99 Å². The summed E-state index contributed by atoms with van der Waals surface area (Å²) in [6.07, 6.45) is 0. The van der Waals surface area contributed by atoms with Crippen LogP contribution in [0.4, 0.5) is 0 Å². The maximum Gasteiger partial charge on any atom is 0.394 e. The van der Waals surface area contributed by atoms with Crippen molar-refractivity contribution >= 4 is 22.3 Å². The molecule has 104 valence electrons. The van der Waals surface area contributed by atoms with Gasteiger partial charge in [-0.25, -0.2) is 0 Å². The van der Waals surface area contributed by atoms with E-state index in [2.05, 4.69) is 16.3 Å². The minimum atomic E-state index is -4.67. The Morgan fingerprint density at radius 2 is 1.59 bits per heavy atom. The van der Waals surface area contributed by atoms with Gasteiger partial charge in [-0.05, 0) is 7.05 Å². The quantitative estimate of drug-likeness (QED) is 0.0797. The largest absolute Gasteiger partial charge is 0.394 e. The SMILES string of the molecule is CN(C)C(=N)N=C(N)N.CNN.O=S(=O)(O)O. The molecular weight excluding hydrogens is 254 g/mol. The van der Waals surface area contributed by atoms with Crippen molar-refractivity contribution in [3.8, 4) is 0 Å². The van der Waals surface area contributed by atoms with Crippen molar-refractivity contribution in [2.24, 2.45) is 22.3 Å². The number of aliphatic imine (C=N–C) groups is 1. The van der Waals surface area contributed by atoms with Gasteiger partial charge in [0.2, 0.25) is 5.96 Å². The van der Waals surface area contributed by atoms with E-state index >= 15 is 0 Å². The second kappa shape index (κ2) is 11.0. The van der Waals surface area contributed by atoms with Gasteiger partial charge in [0.25, 0.3) is 0 Å². The lowest BCUT2D eigenvalue weighted by atomic mass is 10.8. The Kier molecular flexibility index (Phi) is 13.5. The number of rotatable bonds is 0. The molecule has 10 N–H and O–H groups in total. The second-order valence-electron chi connectivity index (χ2n) is 2.49. The molecule has 0 aromatic carbocycles. The van der Waals surface area contributed by atoms with E-state index < -0.39 is 10.4 Å². The molecule has 0 radical (unpaired) electrons. The first kappa shape index (κ1) is 20.9. The summed E-state index contributed by atoms with van der Waals surface area (Å²) in [5.74, 6) is 4.56. The minimum absolute atomic E-state index is 0.0509. The van der Waals surface area contributed by atoms with Crippen molar-refractivity contribution in [2.45, 2.75) is 0 Å². The molecule has 0 unspecified atom stereocenters. The van der Waals surface area contributed by atoms with Crippen molar-refractivity contribution in [3.05, 3.63) is 0 Å². The summed E-state index contributed by atoms with van der Waals surface area (Å²) < 4.78 is 31.6. The monoisotopic (exact) mass is 273 g/mol. The maximum atomic E-state index is 8.74. The van der Waals surface area contributed by atoms with E-state index in [1.807, 2.05) is 0 Å². The first-order valence-corrected chi connectivity index (χ1v) is 5.28. The Morgan fingerprint density at radius 1 is 1.35 bits per heavy atom. The summed E-state index contributed by atoms with van der Waals surface area (Å²) in [6.45, 7) is 0. The Balaban J connectivity index is -0.000000207.